The molecule has 3 nitrogen and oxygen atoms in total. The molecule has 1 rings (SSSR count). The van der Waals surface area contributed by atoms with Crippen molar-refractivity contribution >= 4 is 5.78 Å². The summed E-state index contributed by atoms with van der Waals surface area (Å²) in [5.41, 5.74) is 0. The van der Waals surface area contributed by atoms with Crippen LogP contribution in [0.5, 0.6) is 5.88 Å². The minimum absolute atomic E-state index is 0.000605. The topological polar surface area (TPSA) is 39.2 Å². The zero-order chi connectivity index (χ0) is 8.97. The molecule has 0 radical (unpaired) electrons. The number of rotatable bonds is 3. The molecule has 1 aromatic heterocycles. The number of pyridine rings is 1. The van der Waals surface area contributed by atoms with Gasteiger partial charge in [-0.1, -0.05) is 6.07 Å². The van der Waals surface area contributed by atoms with Gasteiger partial charge in [-0.05, 0) is 19.9 Å². The first kappa shape index (κ1) is 8.71. The fourth-order valence-electron chi connectivity index (χ4n) is 0.681. The van der Waals surface area contributed by atoms with Crippen LogP contribution in [0.1, 0.15) is 13.8 Å². The van der Waals surface area contributed by atoms with Crippen molar-refractivity contribution in [1.82, 2.24) is 4.98 Å². The number of nitrogens with zero attached hydrogens (tertiary/aromatic N) is 1. The van der Waals surface area contributed by atoms with Gasteiger partial charge in [-0.25, -0.2) is 4.98 Å². The molecule has 1 unspecified atom stereocenters. The number of hydrogen-bond donors (Lipinski definition) is 0. The van der Waals surface area contributed by atoms with Crippen molar-refractivity contribution in [1.29, 1.82) is 0 Å². The molecule has 0 aliphatic rings. The van der Waals surface area contributed by atoms with Crippen LogP contribution in [-0.2, 0) is 4.79 Å². The first-order chi connectivity index (χ1) is 5.70. The summed E-state index contributed by atoms with van der Waals surface area (Å²) in [5.74, 6) is 0.487. The van der Waals surface area contributed by atoms with Crippen LogP contribution in [0, 0.1) is 0 Å². The first-order valence-electron chi connectivity index (χ1n) is 3.78. The van der Waals surface area contributed by atoms with Crippen LogP contribution >= 0.6 is 0 Å². The van der Waals surface area contributed by atoms with Crippen molar-refractivity contribution < 1.29 is 9.53 Å². The zero-order valence-corrected chi connectivity index (χ0v) is 7.15. The molecule has 0 aliphatic carbocycles. The van der Waals surface area contributed by atoms with Gasteiger partial charge in [-0.15, -0.1) is 0 Å². The van der Waals surface area contributed by atoms with Crippen LogP contribution in [-0.4, -0.2) is 16.9 Å². The number of ketones is 1. The monoisotopic (exact) mass is 165 g/mol. The maximum Gasteiger partial charge on any atom is 0.213 e. The highest BCUT2D eigenvalue weighted by Gasteiger charge is 2.08. The maximum atomic E-state index is 10.8. The van der Waals surface area contributed by atoms with E-state index in [2.05, 4.69) is 4.98 Å². The average Bonchev–Trinajstić information content (AvgIpc) is 2.06. The Hall–Kier alpha value is -1.38. The molecule has 0 saturated heterocycles. The Morgan fingerprint density at radius 2 is 2.33 bits per heavy atom. The third-order valence-corrected chi connectivity index (χ3v) is 1.51. The van der Waals surface area contributed by atoms with Gasteiger partial charge in [0.05, 0.1) is 0 Å². The van der Waals surface area contributed by atoms with Gasteiger partial charge in [0.25, 0.3) is 0 Å². The molecular weight excluding hydrogens is 154 g/mol. The average molecular weight is 165 g/mol. The van der Waals surface area contributed by atoms with Crippen LogP contribution in [0.4, 0.5) is 0 Å². The van der Waals surface area contributed by atoms with Crippen molar-refractivity contribution in [2.45, 2.75) is 20.0 Å². The van der Waals surface area contributed by atoms with Crippen molar-refractivity contribution in [2.24, 2.45) is 0 Å². The lowest BCUT2D eigenvalue weighted by Gasteiger charge is -2.09. The second-order valence-electron chi connectivity index (χ2n) is 2.54. The van der Waals surface area contributed by atoms with Crippen LogP contribution in [0.3, 0.4) is 0 Å². The summed E-state index contributed by atoms with van der Waals surface area (Å²) in [6.07, 6.45) is 1.21. The van der Waals surface area contributed by atoms with E-state index >= 15 is 0 Å². The number of carbonyl (C=O) groups is 1. The van der Waals surface area contributed by atoms with Crippen LogP contribution < -0.4 is 4.74 Å². The Kier molecular flexibility index (Phi) is 2.80. The summed E-state index contributed by atoms with van der Waals surface area (Å²) in [7, 11) is 0. The third kappa shape index (κ3) is 2.34. The minimum Gasteiger partial charge on any atom is -0.467 e. The number of Topliss-reactive ketones (excluding diaryl/α,β-unsaturated/α-hetero) is 1. The van der Waals surface area contributed by atoms with Gasteiger partial charge in [0, 0.05) is 12.3 Å². The molecular formula is C9H11NO2. The van der Waals surface area contributed by atoms with E-state index in [4.69, 9.17) is 4.74 Å². The highest BCUT2D eigenvalue weighted by atomic mass is 16.5. The standard InChI is InChI=1S/C9H11NO2/c1-7(11)8(2)12-9-5-3-4-6-10-9/h3-6,8H,1-2H3. The smallest absolute Gasteiger partial charge is 0.213 e. The molecule has 0 fully saturated rings. The van der Waals surface area contributed by atoms with Crippen LogP contribution in [0.15, 0.2) is 24.4 Å². The van der Waals surface area contributed by atoms with Crippen LogP contribution in [0.2, 0.25) is 0 Å². The van der Waals surface area contributed by atoms with Gasteiger partial charge < -0.3 is 4.74 Å². The van der Waals surface area contributed by atoms with Gasteiger partial charge in [0.2, 0.25) is 5.88 Å². The Morgan fingerprint density at radius 3 is 2.83 bits per heavy atom. The molecule has 0 N–H and O–H groups in total. The molecule has 64 valence electrons. The summed E-state index contributed by atoms with van der Waals surface area (Å²) >= 11 is 0. The second-order valence-corrected chi connectivity index (χ2v) is 2.54. The van der Waals surface area contributed by atoms with Crippen molar-refractivity contribution in [3.63, 3.8) is 0 Å². The predicted octanol–water partition coefficient (Wildman–Crippen LogP) is 1.44. The Morgan fingerprint density at radius 1 is 1.58 bits per heavy atom. The highest BCUT2D eigenvalue weighted by molar-refractivity contribution is 5.80. The maximum absolute atomic E-state index is 10.8. The molecule has 0 aromatic carbocycles. The van der Waals surface area contributed by atoms with Crippen LogP contribution in [0.25, 0.3) is 0 Å². The minimum atomic E-state index is -0.417. The normalized spacial score (nSPS) is 12.2. The lowest BCUT2D eigenvalue weighted by Crippen LogP contribution is -2.20. The lowest BCUT2D eigenvalue weighted by atomic mass is 10.3. The van der Waals surface area contributed by atoms with Gasteiger partial charge in [-0.3, -0.25) is 4.79 Å². The molecule has 12 heavy (non-hydrogen) atoms. The van der Waals surface area contributed by atoms with E-state index in [1.165, 1.54) is 6.92 Å². The zero-order valence-electron chi connectivity index (χ0n) is 7.15. The predicted molar refractivity (Wildman–Crippen MR) is 45.0 cm³/mol. The van der Waals surface area contributed by atoms with Gasteiger partial charge in [-0.2, -0.15) is 0 Å². The Balaban J connectivity index is 2.58. The fraction of sp³-hybridized carbons (Fsp3) is 0.333. The van der Waals surface area contributed by atoms with E-state index in [9.17, 15) is 4.79 Å². The fourth-order valence-corrected chi connectivity index (χ4v) is 0.681. The summed E-state index contributed by atoms with van der Waals surface area (Å²) in [6, 6.07) is 5.33. The SMILES string of the molecule is CC(=O)C(C)Oc1ccccn1. The molecule has 1 atom stereocenters. The van der Waals surface area contributed by atoms with E-state index in [0.29, 0.717) is 5.88 Å². The summed E-state index contributed by atoms with van der Waals surface area (Å²) in [6.45, 7) is 3.20. The van der Waals surface area contributed by atoms with E-state index in [-0.39, 0.29) is 5.78 Å². The second kappa shape index (κ2) is 3.85. The number of carbonyl (C=O) groups excluding carboxylic acids is 1. The number of aromatic nitrogens is 1. The molecule has 0 aliphatic heterocycles. The molecule has 3 heteroatoms. The summed E-state index contributed by atoms with van der Waals surface area (Å²) < 4.78 is 5.22. The van der Waals surface area contributed by atoms with E-state index < -0.39 is 6.10 Å². The van der Waals surface area contributed by atoms with Gasteiger partial charge in [0.1, 0.15) is 0 Å². The van der Waals surface area contributed by atoms with Gasteiger partial charge >= 0.3 is 0 Å². The lowest BCUT2D eigenvalue weighted by molar-refractivity contribution is -0.123. The third-order valence-electron chi connectivity index (χ3n) is 1.51. The first-order valence-corrected chi connectivity index (χ1v) is 3.78. The molecule has 1 heterocycles. The summed E-state index contributed by atoms with van der Waals surface area (Å²) in [4.78, 5) is 14.7. The largest absolute Gasteiger partial charge is 0.467 e. The molecule has 0 saturated carbocycles. The van der Waals surface area contributed by atoms with Crippen molar-refractivity contribution in [3.8, 4) is 5.88 Å². The van der Waals surface area contributed by atoms with E-state index in [1.54, 1.807) is 25.3 Å². The number of hydrogen-bond acceptors (Lipinski definition) is 3. The van der Waals surface area contributed by atoms with Crippen molar-refractivity contribution in [3.05, 3.63) is 24.4 Å². The number of ether oxygens (including phenoxy) is 1. The molecule has 1 aromatic rings. The van der Waals surface area contributed by atoms with Gasteiger partial charge in [0.15, 0.2) is 11.9 Å². The van der Waals surface area contributed by atoms with E-state index in [0.717, 1.165) is 0 Å². The molecule has 0 bridgehead atoms. The Labute approximate surface area is 71.4 Å². The van der Waals surface area contributed by atoms with Crippen molar-refractivity contribution in [2.75, 3.05) is 0 Å². The quantitative estimate of drug-likeness (QED) is 0.680. The van der Waals surface area contributed by atoms with E-state index in [1.807, 2.05) is 6.07 Å². The highest BCUT2D eigenvalue weighted by Crippen LogP contribution is 2.06. The molecule has 0 amide bonds. The Bertz CT molecular complexity index is 258. The molecule has 0 spiro atoms. The summed E-state index contributed by atoms with van der Waals surface area (Å²) in [5, 5.41) is 0.